The maximum absolute atomic E-state index is 12.5. The Hall–Kier alpha value is -3.41. The number of nitrogens with zero attached hydrogens (tertiary/aromatic N) is 3. The zero-order chi connectivity index (χ0) is 26.2. The lowest BCUT2D eigenvalue weighted by atomic mass is 9.80. The van der Waals surface area contributed by atoms with Gasteiger partial charge in [-0.2, -0.15) is 5.26 Å². The van der Waals surface area contributed by atoms with Gasteiger partial charge >= 0.3 is 23.6 Å². The van der Waals surface area contributed by atoms with E-state index in [-0.39, 0.29) is 5.57 Å². The Bertz CT molecular complexity index is 1040. The van der Waals surface area contributed by atoms with E-state index in [0.717, 1.165) is 14.0 Å². The molecule has 0 aliphatic carbocycles. The van der Waals surface area contributed by atoms with Crippen LogP contribution in [0, 0.1) is 17.2 Å². The van der Waals surface area contributed by atoms with Crippen molar-refractivity contribution in [3.05, 3.63) is 23.0 Å². The first-order chi connectivity index (χ1) is 15.3. The fourth-order valence-electron chi connectivity index (χ4n) is 4.14. The highest BCUT2D eigenvalue weighted by molar-refractivity contribution is 5.87. The minimum atomic E-state index is -4.31. The number of fused-ring (bicyclic) bond motifs is 1. The predicted octanol–water partition coefficient (Wildman–Crippen LogP) is -6.33. The van der Waals surface area contributed by atoms with Gasteiger partial charge in [0, 0.05) is 13.0 Å². The Kier molecular flexibility index (Phi) is 5.41. The van der Waals surface area contributed by atoms with Crippen LogP contribution in [-0.2, 0) is 4.79 Å². The van der Waals surface area contributed by atoms with Crippen molar-refractivity contribution in [2.75, 3.05) is 7.05 Å². The van der Waals surface area contributed by atoms with Gasteiger partial charge in [0.15, 0.2) is 5.76 Å². The van der Waals surface area contributed by atoms with Crippen LogP contribution in [0.1, 0.15) is 6.92 Å². The Morgan fingerprint density at radius 3 is 2.24 bits per heavy atom. The fraction of sp³-hybridized carbons (Fsp3) is 0.562. The number of likely N-dealkylation sites (N-methyl/N-ethyl adjacent to an activating group) is 1. The third-order valence-electron chi connectivity index (χ3n) is 5.88. The predicted molar refractivity (Wildman–Crippen MR) is 99.7 cm³/mol. The molecule has 3 rings (SSSR count). The van der Waals surface area contributed by atoms with Gasteiger partial charge in [-0.1, -0.05) is 6.92 Å². The van der Waals surface area contributed by atoms with Crippen LogP contribution >= 0.6 is 0 Å². The third-order valence-corrected chi connectivity index (χ3v) is 5.88. The first kappa shape index (κ1) is 25.2. The minimum Gasteiger partial charge on any atom is -0.503 e. The van der Waals surface area contributed by atoms with Gasteiger partial charge in [0.05, 0.1) is 5.57 Å². The zero-order valence-corrected chi connectivity index (χ0v) is 17.4. The molecule has 0 saturated carbocycles. The quantitative estimate of drug-likeness (QED) is 0.129. The number of hydrogen-bond acceptors (Lipinski definition) is 15. The van der Waals surface area contributed by atoms with Crippen LogP contribution in [0.2, 0.25) is 0 Å². The molecule has 3 aliphatic rings. The number of amides is 3. The number of aliphatic hydroxyl groups excluding tert-OH is 2. The van der Waals surface area contributed by atoms with E-state index < -0.39 is 75.8 Å². The second kappa shape index (κ2) is 7.29. The van der Waals surface area contributed by atoms with Gasteiger partial charge in [0.25, 0.3) is 5.91 Å². The molecule has 0 radical (unpaired) electrons. The number of nitriles is 1. The number of hydrogen-bond donors (Lipinski definition) is 13. The molecule has 1 fully saturated rings. The van der Waals surface area contributed by atoms with Crippen molar-refractivity contribution >= 4 is 11.9 Å². The summed E-state index contributed by atoms with van der Waals surface area (Å²) in [6.45, 7) is 0.854. The molecule has 18 heteroatoms. The van der Waals surface area contributed by atoms with E-state index in [0.29, 0.717) is 11.0 Å². The Labute approximate surface area is 189 Å². The number of rotatable bonds is 3. The molecule has 3 atom stereocenters. The molecule has 0 aromatic rings. The van der Waals surface area contributed by atoms with Crippen LogP contribution < -0.4 is 16.0 Å². The summed E-state index contributed by atoms with van der Waals surface area (Å²) in [5.41, 5.74) is -0.289. The molecule has 0 aromatic heterocycles. The molecule has 0 bridgehead atoms. The van der Waals surface area contributed by atoms with Crippen molar-refractivity contribution in [3.8, 4) is 6.07 Å². The molecular formula is C16H22N6O12. The smallest absolute Gasteiger partial charge is 0.336 e. The summed E-state index contributed by atoms with van der Waals surface area (Å²) in [5, 5.41) is 118. The van der Waals surface area contributed by atoms with Crippen molar-refractivity contribution in [2.45, 2.75) is 42.5 Å². The van der Waals surface area contributed by atoms with Crippen LogP contribution in [0.25, 0.3) is 0 Å². The van der Waals surface area contributed by atoms with Gasteiger partial charge in [0.2, 0.25) is 11.7 Å². The largest absolute Gasteiger partial charge is 0.503 e. The molecular weight excluding hydrogens is 468 g/mol. The molecule has 18 nitrogen and oxygen atoms in total. The maximum atomic E-state index is 12.5. The van der Waals surface area contributed by atoms with Gasteiger partial charge in [-0.3, -0.25) is 10.1 Å². The van der Waals surface area contributed by atoms with E-state index in [1.807, 2.05) is 0 Å². The van der Waals surface area contributed by atoms with Crippen molar-refractivity contribution in [3.63, 3.8) is 0 Å². The molecule has 3 heterocycles. The van der Waals surface area contributed by atoms with Crippen molar-refractivity contribution in [1.82, 2.24) is 25.8 Å². The standard InChI is InChI=1S/C16H22N6O12/c1-4-7(21(2)9-5-6(23)10(24)18-8(5)19-12(26)20-9)15(31,32)22(11(25)13(27,28)3-17)16(33,34)14(4,29)30/h4,7-8,18,23-24,27-34H,1-2H3,(H2,19,20,26). The highest BCUT2D eigenvalue weighted by atomic mass is 16.6. The minimum absolute atomic E-state index is 0.289. The first-order valence-electron chi connectivity index (χ1n) is 9.32. The summed E-state index contributed by atoms with van der Waals surface area (Å²) in [6.07, 6.45) is -1.25. The van der Waals surface area contributed by atoms with E-state index in [1.54, 1.807) is 0 Å². The maximum Gasteiger partial charge on any atom is 0.336 e. The van der Waals surface area contributed by atoms with Gasteiger partial charge in [0.1, 0.15) is 24.1 Å². The molecule has 3 unspecified atom stereocenters. The summed E-state index contributed by atoms with van der Waals surface area (Å²) >= 11 is 0. The van der Waals surface area contributed by atoms with E-state index in [1.165, 1.54) is 0 Å². The number of piperidine rings is 1. The first-order valence-corrected chi connectivity index (χ1v) is 9.32. The number of carbonyl (C=O) groups excluding carboxylic acids is 2. The number of carbonyl (C=O) groups is 2. The van der Waals surface area contributed by atoms with E-state index in [9.17, 15) is 60.7 Å². The number of aliphatic hydroxyl groups is 10. The summed E-state index contributed by atoms with van der Waals surface area (Å²) in [5.74, 6) is -22.8. The average Bonchev–Trinajstić information content (AvgIpc) is 2.98. The van der Waals surface area contributed by atoms with Gasteiger partial charge in [-0.25, -0.2) is 9.69 Å². The average molecular weight is 490 g/mol. The number of nitrogens with one attached hydrogen (secondary N) is 3. The molecule has 1 saturated heterocycles. The summed E-state index contributed by atoms with van der Waals surface area (Å²) in [4.78, 5) is 24.3. The Balaban J connectivity index is 2.22. The van der Waals surface area contributed by atoms with Crippen LogP contribution in [0.4, 0.5) is 4.79 Å². The van der Waals surface area contributed by atoms with Crippen LogP contribution in [0.15, 0.2) is 23.0 Å². The van der Waals surface area contributed by atoms with E-state index in [2.05, 4.69) is 16.0 Å². The van der Waals surface area contributed by atoms with E-state index in [4.69, 9.17) is 5.26 Å². The third kappa shape index (κ3) is 3.19. The van der Waals surface area contributed by atoms with Gasteiger partial charge in [-0.05, 0) is 0 Å². The highest BCUT2D eigenvalue weighted by Gasteiger charge is 2.74. The van der Waals surface area contributed by atoms with Gasteiger partial charge in [-0.15, -0.1) is 0 Å². The molecule has 34 heavy (non-hydrogen) atoms. The van der Waals surface area contributed by atoms with E-state index >= 15 is 0 Å². The Morgan fingerprint density at radius 1 is 1.15 bits per heavy atom. The van der Waals surface area contributed by atoms with Gasteiger partial charge < -0.3 is 66.6 Å². The number of likely N-dealkylation sites (tertiary alicyclic amines) is 1. The fourth-order valence-corrected chi connectivity index (χ4v) is 4.14. The van der Waals surface area contributed by atoms with Crippen molar-refractivity contribution < 1.29 is 60.7 Å². The molecule has 3 aliphatic heterocycles. The monoisotopic (exact) mass is 490 g/mol. The zero-order valence-electron chi connectivity index (χ0n) is 17.4. The lowest BCUT2D eigenvalue weighted by molar-refractivity contribution is -0.504. The second-order valence-corrected chi connectivity index (χ2v) is 7.95. The lowest BCUT2D eigenvalue weighted by Crippen LogP contribution is -2.86. The molecule has 0 aromatic carbocycles. The van der Waals surface area contributed by atoms with Crippen molar-refractivity contribution in [1.29, 1.82) is 5.26 Å². The second-order valence-electron chi connectivity index (χ2n) is 7.95. The highest BCUT2D eigenvalue weighted by Crippen LogP contribution is 2.46. The van der Waals surface area contributed by atoms with Crippen LogP contribution in [-0.4, -0.2) is 115 Å². The lowest BCUT2D eigenvalue weighted by Gasteiger charge is -2.60. The summed E-state index contributed by atoms with van der Waals surface area (Å²) in [6, 6.07) is -2.55. The molecule has 3 amide bonds. The molecule has 188 valence electrons. The summed E-state index contributed by atoms with van der Waals surface area (Å²) < 4.78 is 0. The SMILES string of the molecule is CC1C(N(C)C2=C3C(O)=C(O)NC3NC(=O)N2)C(O)(O)N(C(=O)C(O)(O)C#N)C(O)(O)C1(O)O. The molecule has 13 N–H and O–H groups in total. The van der Waals surface area contributed by atoms with Crippen LogP contribution in [0.3, 0.4) is 0 Å². The molecule has 0 spiro atoms. The normalized spacial score (nSPS) is 29.5. The Morgan fingerprint density at radius 2 is 1.71 bits per heavy atom. The summed E-state index contributed by atoms with van der Waals surface area (Å²) in [7, 11) is 0.978. The van der Waals surface area contributed by atoms with Crippen LogP contribution in [0.5, 0.6) is 0 Å². The number of urea groups is 1. The van der Waals surface area contributed by atoms with Crippen molar-refractivity contribution in [2.24, 2.45) is 5.92 Å². The topological polar surface area (TPSA) is 303 Å².